The highest BCUT2D eigenvalue weighted by molar-refractivity contribution is 6.12. The fraction of sp³-hybridized carbons (Fsp3) is 0.0182. The molecule has 0 unspecified atom stereocenters. The summed E-state index contributed by atoms with van der Waals surface area (Å²) in [6, 6.07) is 79.2. The molecule has 2 aromatic heterocycles. The van der Waals surface area contributed by atoms with Crippen LogP contribution in [0.4, 0.5) is 17.1 Å². The van der Waals surface area contributed by atoms with Gasteiger partial charge in [0.25, 0.3) is 0 Å². The smallest absolute Gasteiger partial charge is 0.142 e. The van der Waals surface area contributed by atoms with Crippen molar-refractivity contribution in [1.29, 1.82) is 0 Å². The van der Waals surface area contributed by atoms with Crippen LogP contribution in [0.5, 0.6) is 0 Å². The molecule has 0 saturated carbocycles. The summed E-state index contributed by atoms with van der Waals surface area (Å²) in [6.07, 6.45) is 0. The van der Waals surface area contributed by atoms with Gasteiger partial charge in [-0.05, 0) is 94.5 Å². The second kappa shape index (κ2) is 12.7. The molecule has 0 N–H and O–H groups in total. The summed E-state index contributed by atoms with van der Waals surface area (Å²) in [5.74, 6) is 0. The second-order valence-corrected chi connectivity index (χ2v) is 15.2. The van der Waals surface area contributed by atoms with Crippen LogP contribution in [0.3, 0.4) is 0 Å². The number of nitrogens with zero attached hydrogens (tertiary/aromatic N) is 2. The molecule has 0 bridgehead atoms. The molecule has 11 aromatic rings. The predicted octanol–water partition coefficient (Wildman–Crippen LogP) is 14.5. The maximum Gasteiger partial charge on any atom is 0.142 e. The van der Waals surface area contributed by atoms with Crippen molar-refractivity contribution in [3.8, 4) is 16.8 Å². The quantitative estimate of drug-likeness (QED) is 0.169. The molecule has 0 amide bonds. The van der Waals surface area contributed by atoms with Gasteiger partial charge in [0.1, 0.15) is 11.2 Å². The SMILES string of the molecule is c1ccc(N(c2ccc3c(c2)c2ccccc2n3-c2ccccc2)c2ccc3c(oc4ccccc43)c2C2(c3ccccc3)c3ccccc3-c3ccccc32)cc1. The van der Waals surface area contributed by atoms with Crippen molar-refractivity contribution in [1.82, 2.24) is 4.57 Å². The standard InChI is InChI=1S/C55H36N2O/c1-4-18-37(19-5-1)55(47-28-14-10-24-41(47)42-25-11-15-29-48(42)55)53-51(35-33-45-44-27-13-17-31-52(44)58-54(45)53)56(38-20-6-2-7-21-38)40-32-34-50-46(36-40)43-26-12-16-30-49(43)57(50)39-22-8-3-9-23-39/h1-36H. The number of para-hydroxylation sites is 4. The number of anilines is 3. The van der Waals surface area contributed by atoms with E-state index in [0.717, 1.165) is 55.8 Å². The second-order valence-electron chi connectivity index (χ2n) is 15.2. The number of fused-ring (bicyclic) bond motifs is 9. The summed E-state index contributed by atoms with van der Waals surface area (Å²) in [6.45, 7) is 0. The van der Waals surface area contributed by atoms with Gasteiger partial charge in [0.15, 0.2) is 0 Å². The number of hydrogen-bond acceptors (Lipinski definition) is 2. The number of benzene rings is 9. The largest absolute Gasteiger partial charge is 0.456 e. The van der Waals surface area contributed by atoms with E-state index in [1.807, 2.05) is 0 Å². The van der Waals surface area contributed by atoms with E-state index < -0.39 is 5.41 Å². The molecule has 12 rings (SSSR count). The fourth-order valence-electron chi connectivity index (χ4n) is 9.93. The van der Waals surface area contributed by atoms with Crippen molar-refractivity contribution in [3.63, 3.8) is 0 Å². The van der Waals surface area contributed by atoms with E-state index in [0.29, 0.717) is 0 Å². The Morgan fingerprint density at radius 3 is 1.74 bits per heavy atom. The highest BCUT2D eigenvalue weighted by Gasteiger charge is 2.49. The van der Waals surface area contributed by atoms with Gasteiger partial charge >= 0.3 is 0 Å². The third-order valence-electron chi connectivity index (χ3n) is 12.2. The molecule has 0 fully saturated rings. The molecule has 3 heteroatoms. The van der Waals surface area contributed by atoms with Gasteiger partial charge in [0.2, 0.25) is 0 Å². The number of rotatable bonds is 6. The molecular formula is C55H36N2O. The Morgan fingerprint density at radius 1 is 0.414 bits per heavy atom. The Balaban J connectivity index is 1.24. The van der Waals surface area contributed by atoms with Gasteiger partial charge in [-0.2, -0.15) is 0 Å². The highest BCUT2D eigenvalue weighted by Crippen LogP contribution is 2.60. The van der Waals surface area contributed by atoms with E-state index in [1.54, 1.807) is 0 Å². The van der Waals surface area contributed by atoms with Crippen LogP contribution in [0.2, 0.25) is 0 Å². The zero-order valence-electron chi connectivity index (χ0n) is 31.6. The van der Waals surface area contributed by atoms with Gasteiger partial charge in [-0.25, -0.2) is 0 Å². The first kappa shape index (κ1) is 32.6. The lowest BCUT2D eigenvalue weighted by Gasteiger charge is -2.38. The molecule has 0 saturated heterocycles. The summed E-state index contributed by atoms with van der Waals surface area (Å²) >= 11 is 0. The zero-order valence-corrected chi connectivity index (χ0v) is 31.6. The first-order valence-electron chi connectivity index (χ1n) is 19.9. The lowest BCUT2D eigenvalue weighted by atomic mass is 9.66. The van der Waals surface area contributed by atoms with Crippen LogP contribution in [0.25, 0.3) is 60.6 Å². The highest BCUT2D eigenvalue weighted by atomic mass is 16.3. The minimum Gasteiger partial charge on any atom is -0.456 e. The predicted molar refractivity (Wildman–Crippen MR) is 240 cm³/mol. The van der Waals surface area contributed by atoms with Crippen LogP contribution in [0.1, 0.15) is 22.3 Å². The van der Waals surface area contributed by atoms with Crippen LogP contribution in [-0.4, -0.2) is 4.57 Å². The van der Waals surface area contributed by atoms with Crippen LogP contribution in [0.15, 0.2) is 223 Å². The molecule has 9 aromatic carbocycles. The summed E-state index contributed by atoms with van der Waals surface area (Å²) in [5, 5.41) is 4.61. The van der Waals surface area contributed by atoms with Crippen molar-refractivity contribution >= 4 is 60.8 Å². The van der Waals surface area contributed by atoms with Crippen molar-refractivity contribution < 1.29 is 4.42 Å². The minimum absolute atomic E-state index is 0.725. The molecule has 272 valence electrons. The molecule has 3 nitrogen and oxygen atoms in total. The van der Waals surface area contributed by atoms with Crippen LogP contribution in [0, 0.1) is 0 Å². The molecule has 0 radical (unpaired) electrons. The summed E-state index contributed by atoms with van der Waals surface area (Å²) < 4.78 is 9.56. The van der Waals surface area contributed by atoms with Gasteiger partial charge < -0.3 is 13.9 Å². The molecule has 2 heterocycles. The van der Waals surface area contributed by atoms with Gasteiger partial charge in [-0.1, -0.05) is 152 Å². The Morgan fingerprint density at radius 2 is 1.00 bits per heavy atom. The van der Waals surface area contributed by atoms with E-state index in [2.05, 4.69) is 228 Å². The summed E-state index contributed by atoms with van der Waals surface area (Å²) in [4.78, 5) is 2.45. The normalized spacial score (nSPS) is 13.0. The molecule has 0 spiro atoms. The van der Waals surface area contributed by atoms with E-state index >= 15 is 0 Å². The van der Waals surface area contributed by atoms with E-state index in [-0.39, 0.29) is 0 Å². The topological polar surface area (TPSA) is 21.3 Å². The van der Waals surface area contributed by atoms with Gasteiger partial charge in [-0.15, -0.1) is 0 Å². The van der Waals surface area contributed by atoms with Crippen molar-refractivity contribution in [3.05, 3.63) is 241 Å². The third-order valence-corrected chi connectivity index (χ3v) is 12.2. The lowest BCUT2D eigenvalue weighted by molar-refractivity contribution is 0.648. The van der Waals surface area contributed by atoms with Crippen molar-refractivity contribution in [2.24, 2.45) is 0 Å². The van der Waals surface area contributed by atoms with Crippen LogP contribution >= 0.6 is 0 Å². The summed E-state index contributed by atoms with van der Waals surface area (Å²) in [5.41, 5.74) is 15.0. The first-order valence-corrected chi connectivity index (χ1v) is 19.9. The Hall–Kier alpha value is -7.62. The van der Waals surface area contributed by atoms with E-state index in [1.165, 1.54) is 44.1 Å². The molecule has 58 heavy (non-hydrogen) atoms. The van der Waals surface area contributed by atoms with Gasteiger partial charge in [0, 0.05) is 44.2 Å². The number of aromatic nitrogens is 1. The molecule has 0 aliphatic heterocycles. The van der Waals surface area contributed by atoms with E-state index in [4.69, 9.17) is 4.42 Å². The third kappa shape index (κ3) is 4.56. The minimum atomic E-state index is -0.725. The number of hydrogen-bond donors (Lipinski definition) is 0. The monoisotopic (exact) mass is 740 g/mol. The Labute approximate surface area is 336 Å². The Bertz CT molecular complexity index is 3300. The van der Waals surface area contributed by atoms with Gasteiger partial charge in [-0.3, -0.25) is 0 Å². The maximum atomic E-state index is 7.19. The zero-order chi connectivity index (χ0) is 38.2. The molecule has 1 aliphatic carbocycles. The van der Waals surface area contributed by atoms with Crippen LogP contribution in [-0.2, 0) is 5.41 Å². The number of furan rings is 1. The molecule has 1 aliphatic rings. The lowest BCUT2D eigenvalue weighted by Crippen LogP contribution is -2.31. The molecular weight excluding hydrogens is 705 g/mol. The van der Waals surface area contributed by atoms with E-state index in [9.17, 15) is 0 Å². The average Bonchev–Trinajstić information content (AvgIpc) is 3.94. The fourth-order valence-corrected chi connectivity index (χ4v) is 9.93. The van der Waals surface area contributed by atoms with Gasteiger partial charge in [0.05, 0.1) is 22.1 Å². The van der Waals surface area contributed by atoms with Crippen molar-refractivity contribution in [2.75, 3.05) is 4.90 Å². The average molecular weight is 741 g/mol. The summed E-state index contributed by atoms with van der Waals surface area (Å²) in [7, 11) is 0. The van der Waals surface area contributed by atoms with Crippen LogP contribution < -0.4 is 4.90 Å². The van der Waals surface area contributed by atoms with Crippen molar-refractivity contribution in [2.45, 2.75) is 5.41 Å². The molecule has 0 atom stereocenters. The first-order chi connectivity index (χ1) is 28.8. The maximum absolute atomic E-state index is 7.19. The Kier molecular flexibility index (Phi) is 7.14.